The SMILES string of the molecule is CCn1c(CNC(=O)c2ccco2)nnc1S[C@@H](C)C(=O)Nc1nc(C)c(C)s1. The molecule has 1 atom stereocenters. The first-order valence-corrected chi connectivity index (χ1v) is 10.7. The second kappa shape index (κ2) is 9.23. The maximum absolute atomic E-state index is 12.5. The van der Waals surface area contributed by atoms with Crippen LogP contribution in [0.4, 0.5) is 5.13 Å². The van der Waals surface area contributed by atoms with Crippen molar-refractivity contribution >= 4 is 40.0 Å². The number of hydrogen-bond donors (Lipinski definition) is 2. The predicted octanol–water partition coefficient (Wildman–Crippen LogP) is 3.01. The Kier molecular flexibility index (Phi) is 6.70. The van der Waals surface area contributed by atoms with Crippen LogP contribution in [0.5, 0.6) is 0 Å². The van der Waals surface area contributed by atoms with Gasteiger partial charge in [0.05, 0.1) is 23.8 Å². The minimum atomic E-state index is -0.389. The predicted molar refractivity (Wildman–Crippen MR) is 111 cm³/mol. The minimum absolute atomic E-state index is 0.151. The lowest BCUT2D eigenvalue weighted by atomic mass is 10.4. The summed E-state index contributed by atoms with van der Waals surface area (Å²) in [7, 11) is 0. The Morgan fingerprint density at radius 1 is 1.34 bits per heavy atom. The highest BCUT2D eigenvalue weighted by molar-refractivity contribution is 8.00. The average Bonchev–Trinajstić information content (AvgIpc) is 3.41. The van der Waals surface area contributed by atoms with Gasteiger partial charge in [-0.1, -0.05) is 11.8 Å². The van der Waals surface area contributed by atoms with Gasteiger partial charge in [-0.2, -0.15) is 0 Å². The molecule has 3 rings (SSSR count). The quantitative estimate of drug-likeness (QED) is 0.524. The second-order valence-corrected chi connectivity index (χ2v) is 8.72. The van der Waals surface area contributed by atoms with Crippen molar-refractivity contribution in [3.8, 4) is 0 Å². The van der Waals surface area contributed by atoms with E-state index in [1.165, 1.54) is 29.4 Å². The largest absolute Gasteiger partial charge is 0.459 e. The van der Waals surface area contributed by atoms with Gasteiger partial charge >= 0.3 is 0 Å². The van der Waals surface area contributed by atoms with E-state index in [-0.39, 0.29) is 29.4 Å². The zero-order chi connectivity index (χ0) is 21.0. The number of anilines is 1. The Labute approximate surface area is 176 Å². The first-order valence-electron chi connectivity index (χ1n) is 9.04. The molecule has 29 heavy (non-hydrogen) atoms. The van der Waals surface area contributed by atoms with Crippen molar-refractivity contribution in [2.24, 2.45) is 0 Å². The van der Waals surface area contributed by atoms with E-state index in [0.717, 1.165) is 10.6 Å². The van der Waals surface area contributed by atoms with Gasteiger partial charge in [-0.15, -0.1) is 21.5 Å². The number of thiazole rings is 1. The van der Waals surface area contributed by atoms with E-state index in [0.29, 0.717) is 22.7 Å². The Morgan fingerprint density at radius 2 is 2.14 bits per heavy atom. The lowest BCUT2D eigenvalue weighted by Gasteiger charge is -2.11. The summed E-state index contributed by atoms with van der Waals surface area (Å²) in [6.07, 6.45) is 1.44. The van der Waals surface area contributed by atoms with E-state index in [2.05, 4.69) is 25.8 Å². The molecule has 0 aliphatic carbocycles. The van der Waals surface area contributed by atoms with Crippen LogP contribution >= 0.6 is 23.1 Å². The van der Waals surface area contributed by atoms with E-state index >= 15 is 0 Å². The van der Waals surface area contributed by atoms with Gasteiger partial charge in [-0.3, -0.25) is 9.59 Å². The molecule has 0 unspecified atom stereocenters. The van der Waals surface area contributed by atoms with Gasteiger partial charge in [0.15, 0.2) is 21.9 Å². The third-order valence-corrected chi connectivity index (χ3v) is 6.24. The molecule has 3 aromatic heterocycles. The van der Waals surface area contributed by atoms with Crippen LogP contribution < -0.4 is 10.6 Å². The summed E-state index contributed by atoms with van der Waals surface area (Å²) in [6.45, 7) is 8.46. The molecular formula is C18H22N6O3S2. The number of carbonyl (C=O) groups is 2. The fourth-order valence-electron chi connectivity index (χ4n) is 2.45. The van der Waals surface area contributed by atoms with Crippen LogP contribution in [0, 0.1) is 13.8 Å². The fraction of sp³-hybridized carbons (Fsp3) is 0.389. The molecule has 9 nitrogen and oxygen atoms in total. The van der Waals surface area contributed by atoms with Crippen molar-refractivity contribution in [3.05, 3.63) is 40.6 Å². The molecule has 3 aromatic rings. The van der Waals surface area contributed by atoms with Crippen molar-refractivity contribution in [1.29, 1.82) is 0 Å². The number of furan rings is 1. The Balaban J connectivity index is 1.61. The van der Waals surface area contributed by atoms with Crippen LogP contribution in [0.25, 0.3) is 0 Å². The Hall–Kier alpha value is -2.66. The maximum Gasteiger partial charge on any atom is 0.287 e. The summed E-state index contributed by atoms with van der Waals surface area (Å²) < 4.78 is 6.94. The maximum atomic E-state index is 12.5. The number of amides is 2. The number of rotatable bonds is 8. The van der Waals surface area contributed by atoms with Crippen molar-refractivity contribution in [2.75, 3.05) is 5.32 Å². The molecule has 0 radical (unpaired) electrons. The number of nitrogens with zero attached hydrogens (tertiary/aromatic N) is 4. The molecule has 3 heterocycles. The van der Waals surface area contributed by atoms with E-state index in [9.17, 15) is 9.59 Å². The zero-order valence-electron chi connectivity index (χ0n) is 16.6. The van der Waals surface area contributed by atoms with Crippen LogP contribution in [-0.4, -0.2) is 36.8 Å². The average molecular weight is 435 g/mol. The standard InChI is InChI=1S/C18H22N6O3S2/c1-5-24-14(9-19-16(26)13-7-6-8-27-13)22-23-18(24)29-12(4)15(25)21-17-20-10(2)11(3)28-17/h6-8,12H,5,9H2,1-4H3,(H,19,26)(H,20,21,25)/t12-/m0/s1. The van der Waals surface area contributed by atoms with Crippen LogP contribution in [-0.2, 0) is 17.9 Å². The van der Waals surface area contributed by atoms with Crippen LogP contribution in [0.3, 0.4) is 0 Å². The first-order chi connectivity index (χ1) is 13.9. The highest BCUT2D eigenvalue weighted by atomic mass is 32.2. The van der Waals surface area contributed by atoms with Gasteiger partial charge in [-0.25, -0.2) is 4.98 Å². The third-order valence-electron chi connectivity index (χ3n) is 4.17. The lowest BCUT2D eigenvalue weighted by Crippen LogP contribution is -2.25. The number of aryl methyl sites for hydroxylation is 2. The van der Waals surface area contributed by atoms with E-state index < -0.39 is 0 Å². The molecule has 0 aliphatic rings. The van der Waals surface area contributed by atoms with Crippen LogP contribution in [0.15, 0.2) is 28.0 Å². The van der Waals surface area contributed by atoms with Gasteiger partial charge in [-0.05, 0) is 39.8 Å². The van der Waals surface area contributed by atoms with Crippen molar-refractivity contribution in [2.45, 2.75) is 51.2 Å². The molecule has 0 fully saturated rings. The molecule has 154 valence electrons. The topological polar surface area (TPSA) is 115 Å². The summed E-state index contributed by atoms with van der Waals surface area (Å²) in [5.41, 5.74) is 0.914. The van der Waals surface area contributed by atoms with Gasteiger partial charge in [0.2, 0.25) is 5.91 Å². The Bertz CT molecular complexity index is 976. The molecule has 0 bridgehead atoms. The van der Waals surface area contributed by atoms with Gasteiger partial charge < -0.3 is 19.6 Å². The minimum Gasteiger partial charge on any atom is -0.459 e. The van der Waals surface area contributed by atoms with Crippen LogP contribution in [0.1, 0.15) is 40.8 Å². The molecule has 0 aliphatic heterocycles. The highest BCUT2D eigenvalue weighted by Gasteiger charge is 2.21. The molecule has 11 heteroatoms. The lowest BCUT2D eigenvalue weighted by molar-refractivity contribution is -0.115. The highest BCUT2D eigenvalue weighted by Crippen LogP contribution is 2.25. The summed E-state index contributed by atoms with van der Waals surface area (Å²) >= 11 is 2.76. The number of thioether (sulfide) groups is 1. The summed E-state index contributed by atoms with van der Waals surface area (Å²) in [5.74, 6) is 0.368. The first kappa shape index (κ1) is 21.1. The number of hydrogen-bond acceptors (Lipinski definition) is 8. The van der Waals surface area contributed by atoms with Crippen molar-refractivity contribution in [1.82, 2.24) is 25.1 Å². The zero-order valence-corrected chi connectivity index (χ0v) is 18.2. The monoisotopic (exact) mass is 434 g/mol. The Morgan fingerprint density at radius 3 is 2.76 bits per heavy atom. The molecular weight excluding hydrogens is 412 g/mol. The molecule has 0 spiro atoms. The van der Waals surface area contributed by atoms with Crippen molar-refractivity contribution < 1.29 is 14.0 Å². The van der Waals surface area contributed by atoms with Gasteiger partial charge in [0.25, 0.3) is 5.91 Å². The number of nitrogens with one attached hydrogen (secondary N) is 2. The number of aromatic nitrogens is 4. The van der Waals surface area contributed by atoms with E-state index in [1.54, 1.807) is 19.1 Å². The molecule has 0 aromatic carbocycles. The van der Waals surface area contributed by atoms with Gasteiger partial charge in [0, 0.05) is 11.4 Å². The van der Waals surface area contributed by atoms with E-state index in [1.807, 2.05) is 25.3 Å². The summed E-state index contributed by atoms with van der Waals surface area (Å²) in [5, 5.41) is 14.8. The van der Waals surface area contributed by atoms with Crippen molar-refractivity contribution in [3.63, 3.8) is 0 Å². The van der Waals surface area contributed by atoms with Gasteiger partial charge in [0.1, 0.15) is 0 Å². The molecule has 2 N–H and O–H groups in total. The van der Waals surface area contributed by atoms with E-state index in [4.69, 9.17) is 4.42 Å². The molecule has 0 saturated carbocycles. The fourth-order valence-corrected chi connectivity index (χ4v) is 4.20. The molecule has 0 saturated heterocycles. The van der Waals surface area contributed by atoms with Crippen LogP contribution in [0.2, 0.25) is 0 Å². The third kappa shape index (κ3) is 5.04. The summed E-state index contributed by atoms with van der Waals surface area (Å²) in [6, 6.07) is 3.24. The molecule has 2 amide bonds. The number of carbonyl (C=O) groups excluding carboxylic acids is 2. The smallest absolute Gasteiger partial charge is 0.287 e. The normalized spacial score (nSPS) is 12.0. The summed E-state index contributed by atoms with van der Waals surface area (Å²) in [4.78, 5) is 29.9. The second-order valence-electron chi connectivity index (χ2n) is 6.21.